The maximum atomic E-state index is 5.42. The van der Waals surface area contributed by atoms with Crippen molar-refractivity contribution in [2.24, 2.45) is 0 Å². The number of para-hydroxylation sites is 1. The lowest BCUT2D eigenvalue weighted by atomic mass is 10.3. The molecule has 3 heteroatoms. The monoisotopic (exact) mass is 174 g/mol. The predicted octanol–water partition coefficient (Wildman–Crippen LogP) is 2.03. The summed E-state index contributed by atoms with van der Waals surface area (Å²) in [5.74, 6) is 0.799. The minimum absolute atomic E-state index is 0.648. The number of aromatic nitrogens is 2. The zero-order chi connectivity index (χ0) is 9.10. The van der Waals surface area contributed by atoms with Gasteiger partial charge in [-0.3, -0.25) is 4.98 Å². The molecule has 2 rings (SSSR count). The molecule has 3 nitrogen and oxygen atoms in total. The van der Waals surface area contributed by atoms with E-state index in [1.54, 1.807) is 12.4 Å². The summed E-state index contributed by atoms with van der Waals surface area (Å²) in [7, 11) is 0. The molecule has 0 atom stereocenters. The fourth-order valence-electron chi connectivity index (χ4n) is 1.24. The van der Waals surface area contributed by atoms with E-state index in [9.17, 15) is 0 Å². The molecule has 1 heterocycles. The summed E-state index contributed by atoms with van der Waals surface area (Å²) in [6, 6.07) is 5.74. The Morgan fingerprint density at radius 3 is 2.92 bits per heavy atom. The van der Waals surface area contributed by atoms with Gasteiger partial charge < -0.3 is 4.74 Å². The van der Waals surface area contributed by atoms with Crippen molar-refractivity contribution >= 4 is 11.0 Å². The van der Waals surface area contributed by atoms with Gasteiger partial charge in [0.15, 0.2) is 0 Å². The topological polar surface area (TPSA) is 35.0 Å². The lowest BCUT2D eigenvalue weighted by Crippen LogP contribution is -1.93. The quantitative estimate of drug-likeness (QED) is 0.698. The van der Waals surface area contributed by atoms with E-state index >= 15 is 0 Å². The molecule has 1 aromatic heterocycles. The van der Waals surface area contributed by atoms with Gasteiger partial charge in [-0.25, -0.2) is 4.98 Å². The van der Waals surface area contributed by atoms with E-state index in [1.807, 2.05) is 25.1 Å². The Morgan fingerprint density at radius 1 is 1.23 bits per heavy atom. The van der Waals surface area contributed by atoms with Crippen LogP contribution in [0.2, 0.25) is 0 Å². The number of nitrogens with zero attached hydrogens (tertiary/aromatic N) is 2. The van der Waals surface area contributed by atoms with Gasteiger partial charge in [-0.2, -0.15) is 0 Å². The van der Waals surface area contributed by atoms with Gasteiger partial charge in [0.2, 0.25) is 0 Å². The molecule has 0 aliphatic heterocycles. The first kappa shape index (κ1) is 7.98. The van der Waals surface area contributed by atoms with E-state index < -0.39 is 0 Å². The van der Waals surface area contributed by atoms with Crippen molar-refractivity contribution in [1.29, 1.82) is 0 Å². The zero-order valence-corrected chi connectivity index (χ0v) is 7.40. The SMILES string of the molecule is CCOc1cccc2nccnc12. The summed E-state index contributed by atoms with van der Waals surface area (Å²) in [6.45, 7) is 2.60. The van der Waals surface area contributed by atoms with Gasteiger partial charge in [0.05, 0.1) is 12.1 Å². The summed E-state index contributed by atoms with van der Waals surface area (Å²) in [4.78, 5) is 8.39. The molecule has 1 aromatic carbocycles. The van der Waals surface area contributed by atoms with Gasteiger partial charge >= 0.3 is 0 Å². The molecule has 0 unspecified atom stereocenters. The van der Waals surface area contributed by atoms with Crippen molar-refractivity contribution in [2.45, 2.75) is 6.92 Å². The number of hydrogen-bond donors (Lipinski definition) is 0. The first-order valence-corrected chi connectivity index (χ1v) is 4.24. The Hall–Kier alpha value is -1.64. The number of hydrogen-bond acceptors (Lipinski definition) is 3. The molecule has 0 bridgehead atoms. The summed E-state index contributed by atoms with van der Waals surface area (Å²) >= 11 is 0. The Morgan fingerprint density at radius 2 is 2.08 bits per heavy atom. The first-order chi connectivity index (χ1) is 6.42. The maximum absolute atomic E-state index is 5.42. The third-order valence-electron chi connectivity index (χ3n) is 1.76. The Labute approximate surface area is 76.4 Å². The third kappa shape index (κ3) is 1.45. The summed E-state index contributed by atoms with van der Waals surface area (Å²) in [5, 5.41) is 0. The fourth-order valence-corrected chi connectivity index (χ4v) is 1.24. The molecular formula is C10H10N2O. The smallest absolute Gasteiger partial charge is 0.147 e. The maximum Gasteiger partial charge on any atom is 0.147 e. The first-order valence-electron chi connectivity index (χ1n) is 4.24. The van der Waals surface area contributed by atoms with Crippen LogP contribution in [0.3, 0.4) is 0 Å². The second-order valence-corrected chi connectivity index (χ2v) is 2.61. The minimum atomic E-state index is 0.648. The number of ether oxygens (including phenoxy) is 1. The third-order valence-corrected chi connectivity index (χ3v) is 1.76. The molecule has 0 aliphatic rings. The van der Waals surface area contributed by atoms with E-state index in [0.717, 1.165) is 16.8 Å². The largest absolute Gasteiger partial charge is 0.492 e. The normalized spacial score (nSPS) is 10.2. The van der Waals surface area contributed by atoms with Gasteiger partial charge in [0.1, 0.15) is 11.3 Å². The molecule has 2 aromatic rings. The fraction of sp³-hybridized carbons (Fsp3) is 0.200. The van der Waals surface area contributed by atoms with Crippen molar-refractivity contribution in [2.75, 3.05) is 6.61 Å². The van der Waals surface area contributed by atoms with Crippen LogP contribution in [0.4, 0.5) is 0 Å². The molecule has 0 N–H and O–H groups in total. The van der Waals surface area contributed by atoms with Crippen LogP contribution >= 0.6 is 0 Å². The van der Waals surface area contributed by atoms with Crippen LogP contribution in [0, 0.1) is 0 Å². The second-order valence-electron chi connectivity index (χ2n) is 2.61. The summed E-state index contributed by atoms with van der Waals surface area (Å²) < 4.78 is 5.42. The van der Waals surface area contributed by atoms with Crippen LogP contribution in [0.1, 0.15) is 6.92 Å². The molecule has 66 valence electrons. The van der Waals surface area contributed by atoms with Crippen molar-refractivity contribution in [3.63, 3.8) is 0 Å². The predicted molar refractivity (Wildman–Crippen MR) is 50.7 cm³/mol. The minimum Gasteiger partial charge on any atom is -0.492 e. The van der Waals surface area contributed by atoms with Gasteiger partial charge in [0.25, 0.3) is 0 Å². The van der Waals surface area contributed by atoms with Gasteiger partial charge in [-0.05, 0) is 19.1 Å². The van der Waals surface area contributed by atoms with Crippen LogP contribution in [0.25, 0.3) is 11.0 Å². The molecule has 0 amide bonds. The van der Waals surface area contributed by atoms with Crippen molar-refractivity contribution in [1.82, 2.24) is 9.97 Å². The molecule has 0 fully saturated rings. The Balaban J connectivity index is 2.61. The lowest BCUT2D eigenvalue weighted by Gasteiger charge is -2.04. The van der Waals surface area contributed by atoms with Crippen molar-refractivity contribution in [3.05, 3.63) is 30.6 Å². The molecule has 0 radical (unpaired) electrons. The van der Waals surface area contributed by atoms with Crippen molar-refractivity contribution in [3.8, 4) is 5.75 Å². The van der Waals surface area contributed by atoms with Crippen LogP contribution in [0.15, 0.2) is 30.6 Å². The highest BCUT2D eigenvalue weighted by Crippen LogP contribution is 2.20. The van der Waals surface area contributed by atoms with Crippen LogP contribution in [-0.2, 0) is 0 Å². The summed E-state index contributed by atoms with van der Waals surface area (Å²) in [6.07, 6.45) is 3.35. The molecular weight excluding hydrogens is 164 g/mol. The van der Waals surface area contributed by atoms with Gasteiger partial charge in [-0.15, -0.1) is 0 Å². The van der Waals surface area contributed by atoms with Crippen LogP contribution in [0.5, 0.6) is 5.75 Å². The van der Waals surface area contributed by atoms with Gasteiger partial charge in [-0.1, -0.05) is 6.07 Å². The van der Waals surface area contributed by atoms with Crippen molar-refractivity contribution < 1.29 is 4.74 Å². The average Bonchev–Trinajstić information content (AvgIpc) is 2.19. The standard InChI is InChI=1S/C10H10N2O/c1-2-13-9-5-3-4-8-10(9)12-7-6-11-8/h3-7H,2H2,1H3. The average molecular weight is 174 g/mol. The lowest BCUT2D eigenvalue weighted by molar-refractivity contribution is 0.343. The number of fused-ring (bicyclic) bond motifs is 1. The Kier molecular flexibility index (Phi) is 2.08. The molecule has 0 aliphatic carbocycles. The van der Waals surface area contributed by atoms with E-state index in [4.69, 9.17) is 4.74 Å². The van der Waals surface area contributed by atoms with E-state index in [0.29, 0.717) is 6.61 Å². The second kappa shape index (κ2) is 3.39. The van der Waals surface area contributed by atoms with E-state index in [1.165, 1.54) is 0 Å². The van der Waals surface area contributed by atoms with E-state index in [-0.39, 0.29) is 0 Å². The van der Waals surface area contributed by atoms with E-state index in [2.05, 4.69) is 9.97 Å². The molecule has 0 spiro atoms. The molecule has 13 heavy (non-hydrogen) atoms. The van der Waals surface area contributed by atoms with Crippen LogP contribution < -0.4 is 4.74 Å². The molecule has 0 saturated carbocycles. The molecule has 0 saturated heterocycles. The van der Waals surface area contributed by atoms with Gasteiger partial charge in [0, 0.05) is 12.4 Å². The zero-order valence-electron chi connectivity index (χ0n) is 7.40. The highest BCUT2D eigenvalue weighted by Gasteiger charge is 2.01. The van der Waals surface area contributed by atoms with Crippen LogP contribution in [-0.4, -0.2) is 16.6 Å². The summed E-state index contributed by atoms with van der Waals surface area (Å²) in [5.41, 5.74) is 1.69. The Bertz CT molecular complexity index is 409. The number of benzene rings is 1. The highest BCUT2D eigenvalue weighted by molar-refractivity contribution is 5.80. The number of rotatable bonds is 2. The highest BCUT2D eigenvalue weighted by atomic mass is 16.5.